The number of anilines is 1. The van der Waals surface area contributed by atoms with Crippen LogP contribution < -0.4 is 5.32 Å². The zero-order valence-corrected chi connectivity index (χ0v) is 18.4. The summed E-state index contributed by atoms with van der Waals surface area (Å²) in [7, 11) is -3.68. The van der Waals surface area contributed by atoms with Crippen molar-refractivity contribution >= 4 is 44.9 Å². The van der Waals surface area contributed by atoms with Gasteiger partial charge in [0.05, 0.1) is 10.3 Å². The van der Waals surface area contributed by atoms with E-state index in [9.17, 15) is 13.2 Å². The number of aryl methyl sites for hydroxylation is 1. The first kappa shape index (κ1) is 21.0. The van der Waals surface area contributed by atoms with Gasteiger partial charge in [-0.1, -0.05) is 34.4 Å². The van der Waals surface area contributed by atoms with Gasteiger partial charge in [-0.15, -0.1) is 16.4 Å². The summed E-state index contributed by atoms with van der Waals surface area (Å²) in [6.45, 7) is 2.42. The van der Waals surface area contributed by atoms with Crippen LogP contribution in [0.3, 0.4) is 0 Å². The van der Waals surface area contributed by atoms with E-state index in [2.05, 4.69) is 15.5 Å². The van der Waals surface area contributed by atoms with Crippen molar-refractivity contribution in [3.8, 4) is 11.5 Å². The number of hydrogen-bond acceptors (Lipinski definition) is 7. The third-order valence-corrected chi connectivity index (χ3v) is 8.41. The van der Waals surface area contributed by atoms with Crippen molar-refractivity contribution in [3.63, 3.8) is 0 Å². The van der Waals surface area contributed by atoms with E-state index in [1.54, 1.807) is 6.07 Å². The second-order valence-corrected chi connectivity index (χ2v) is 10.9. The molecule has 3 heterocycles. The lowest BCUT2D eigenvalue weighted by molar-refractivity contribution is -0.121. The number of carbonyl (C=O) groups excluding carboxylic acids is 1. The lowest BCUT2D eigenvalue weighted by Crippen LogP contribution is -2.43. The molecule has 1 aliphatic rings. The largest absolute Gasteiger partial charge is 0.403 e. The molecule has 1 atom stereocenters. The fourth-order valence-corrected chi connectivity index (χ4v) is 6.39. The molecular weight excluding hydrogens is 448 g/mol. The molecule has 1 N–H and O–H groups in total. The Bertz CT molecular complexity index is 1160. The molecule has 8 nitrogen and oxygen atoms in total. The average molecular weight is 467 g/mol. The number of piperidine rings is 1. The zero-order valence-electron chi connectivity index (χ0n) is 16.0. The van der Waals surface area contributed by atoms with Gasteiger partial charge in [-0.3, -0.25) is 10.1 Å². The Labute approximate surface area is 182 Å². The third kappa shape index (κ3) is 4.41. The summed E-state index contributed by atoms with van der Waals surface area (Å²) in [5.41, 5.74) is 1.85. The van der Waals surface area contributed by atoms with Crippen LogP contribution in [0.2, 0.25) is 4.34 Å². The predicted molar refractivity (Wildman–Crippen MR) is 114 cm³/mol. The molecule has 158 valence electrons. The van der Waals surface area contributed by atoms with Gasteiger partial charge in [0.2, 0.25) is 11.8 Å². The minimum atomic E-state index is -3.68. The SMILES string of the molecule is Cc1ccc(-c2nnc(NC(=O)C3CCCN(S(=O)(=O)c4ccc(Cl)s4)C3)o2)cc1. The van der Waals surface area contributed by atoms with Crippen molar-refractivity contribution in [2.24, 2.45) is 5.92 Å². The summed E-state index contributed by atoms with van der Waals surface area (Å²) in [6, 6.07) is 10.6. The molecule has 2 aromatic heterocycles. The molecule has 30 heavy (non-hydrogen) atoms. The standard InChI is InChI=1S/C19H19ClN4O4S2/c1-12-4-6-13(7-5-12)18-22-23-19(28-18)21-17(25)14-3-2-10-24(11-14)30(26,27)16-9-8-15(20)29-16/h4-9,14H,2-3,10-11H2,1H3,(H,21,23,25). The number of benzene rings is 1. The predicted octanol–water partition coefficient (Wildman–Crippen LogP) is 3.80. The minimum absolute atomic E-state index is 0.0133. The van der Waals surface area contributed by atoms with Crippen LogP contribution in [0, 0.1) is 12.8 Å². The van der Waals surface area contributed by atoms with Gasteiger partial charge in [0, 0.05) is 18.7 Å². The molecule has 1 aromatic carbocycles. The quantitative estimate of drug-likeness (QED) is 0.613. The highest BCUT2D eigenvalue weighted by Gasteiger charge is 2.34. The topological polar surface area (TPSA) is 105 Å². The maximum atomic E-state index is 12.8. The van der Waals surface area contributed by atoms with Crippen LogP contribution in [-0.4, -0.2) is 41.9 Å². The van der Waals surface area contributed by atoms with Gasteiger partial charge in [-0.2, -0.15) is 4.31 Å². The average Bonchev–Trinajstić information content (AvgIpc) is 3.38. The van der Waals surface area contributed by atoms with Gasteiger partial charge < -0.3 is 4.42 Å². The van der Waals surface area contributed by atoms with Crippen LogP contribution in [0.5, 0.6) is 0 Å². The first-order valence-electron chi connectivity index (χ1n) is 9.30. The van der Waals surface area contributed by atoms with E-state index in [1.165, 1.54) is 10.4 Å². The van der Waals surface area contributed by atoms with Crippen molar-refractivity contribution in [2.75, 3.05) is 18.4 Å². The van der Waals surface area contributed by atoms with Crippen LogP contribution in [-0.2, 0) is 14.8 Å². The van der Waals surface area contributed by atoms with E-state index in [0.29, 0.717) is 29.6 Å². The monoisotopic (exact) mass is 466 g/mol. The van der Waals surface area contributed by atoms with Crippen LogP contribution in [0.25, 0.3) is 11.5 Å². The van der Waals surface area contributed by atoms with Crippen LogP contribution >= 0.6 is 22.9 Å². The molecule has 0 spiro atoms. The summed E-state index contributed by atoms with van der Waals surface area (Å²) in [4.78, 5) is 12.7. The second-order valence-electron chi connectivity index (χ2n) is 7.03. The maximum Gasteiger partial charge on any atom is 0.322 e. The van der Waals surface area contributed by atoms with Crippen molar-refractivity contribution in [1.29, 1.82) is 0 Å². The van der Waals surface area contributed by atoms with Crippen LogP contribution in [0.15, 0.2) is 45.0 Å². The number of rotatable bonds is 5. The number of nitrogens with zero attached hydrogens (tertiary/aromatic N) is 3. The molecule has 1 saturated heterocycles. The fourth-order valence-electron chi connectivity index (χ4n) is 3.23. The maximum absolute atomic E-state index is 12.8. The molecule has 11 heteroatoms. The Morgan fingerprint density at radius 2 is 2.00 bits per heavy atom. The zero-order chi connectivity index (χ0) is 21.3. The Kier molecular flexibility index (Phi) is 5.92. The van der Waals surface area contributed by atoms with Crippen LogP contribution in [0.1, 0.15) is 18.4 Å². The molecule has 1 amide bonds. The molecule has 0 radical (unpaired) electrons. The highest BCUT2D eigenvalue weighted by Crippen LogP contribution is 2.31. The third-order valence-electron chi connectivity index (χ3n) is 4.85. The Morgan fingerprint density at radius 3 is 2.70 bits per heavy atom. The minimum Gasteiger partial charge on any atom is -0.403 e. The van der Waals surface area contributed by atoms with Gasteiger partial charge in [0.25, 0.3) is 10.0 Å². The number of nitrogens with one attached hydrogen (secondary N) is 1. The molecule has 1 aliphatic heterocycles. The van der Waals surface area contributed by atoms with Gasteiger partial charge >= 0.3 is 6.01 Å². The number of hydrogen-bond donors (Lipinski definition) is 1. The number of amides is 1. The second kappa shape index (κ2) is 8.46. The molecule has 0 bridgehead atoms. The molecule has 0 aliphatic carbocycles. The van der Waals surface area contributed by atoms with E-state index in [0.717, 1.165) is 22.5 Å². The molecular formula is C19H19ClN4O4S2. The fraction of sp³-hybridized carbons (Fsp3) is 0.316. The Hall–Kier alpha value is -2.27. The summed E-state index contributed by atoms with van der Waals surface area (Å²) in [6.07, 6.45) is 1.15. The highest BCUT2D eigenvalue weighted by molar-refractivity contribution is 7.91. The summed E-state index contributed by atoms with van der Waals surface area (Å²) < 4.78 is 33.1. The number of carbonyl (C=O) groups is 1. The summed E-state index contributed by atoms with van der Waals surface area (Å²) >= 11 is 6.88. The van der Waals surface area contributed by atoms with Crippen molar-refractivity contribution in [1.82, 2.24) is 14.5 Å². The molecule has 4 rings (SSSR count). The summed E-state index contributed by atoms with van der Waals surface area (Å²) in [5.74, 6) is -0.565. The summed E-state index contributed by atoms with van der Waals surface area (Å²) in [5, 5.41) is 10.4. The van der Waals surface area contributed by atoms with E-state index < -0.39 is 15.9 Å². The molecule has 3 aromatic rings. The Balaban J connectivity index is 1.43. The number of aromatic nitrogens is 2. The van der Waals surface area contributed by atoms with Crippen LogP contribution in [0.4, 0.5) is 6.01 Å². The Morgan fingerprint density at radius 1 is 1.23 bits per heavy atom. The molecule has 1 fully saturated rings. The number of halogens is 1. The first-order chi connectivity index (χ1) is 14.3. The van der Waals surface area contributed by atoms with E-state index in [-0.39, 0.29) is 22.7 Å². The molecule has 0 saturated carbocycles. The van der Waals surface area contributed by atoms with E-state index >= 15 is 0 Å². The van der Waals surface area contributed by atoms with E-state index in [1.807, 2.05) is 31.2 Å². The van der Waals surface area contributed by atoms with Crippen molar-refractivity contribution in [3.05, 3.63) is 46.3 Å². The van der Waals surface area contributed by atoms with Crippen molar-refractivity contribution < 1.29 is 17.6 Å². The lowest BCUT2D eigenvalue weighted by atomic mass is 9.99. The van der Waals surface area contributed by atoms with Gasteiger partial charge in [0.15, 0.2) is 0 Å². The first-order valence-corrected chi connectivity index (χ1v) is 11.9. The molecule has 1 unspecified atom stereocenters. The van der Waals surface area contributed by atoms with Crippen molar-refractivity contribution in [2.45, 2.75) is 24.0 Å². The van der Waals surface area contributed by atoms with Gasteiger partial charge in [0.1, 0.15) is 4.21 Å². The lowest BCUT2D eigenvalue weighted by Gasteiger charge is -2.30. The normalized spacial score (nSPS) is 17.7. The number of thiophene rings is 1. The highest BCUT2D eigenvalue weighted by atomic mass is 35.5. The van der Waals surface area contributed by atoms with E-state index in [4.69, 9.17) is 16.0 Å². The smallest absolute Gasteiger partial charge is 0.322 e. The van der Waals surface area contributed by atoms with Gasteiger partial charge in [-0.25, -0.2) is 8.42 Å². The van der Waals surface area contributed by atoms with Gasteiger partial charge in [-0.05, 0) is 44.0 Å². The number of sulfonamides is 1.